The normalized spacial score (nSPS) is 23.1. The van der Waals surface area contributed by atoms with Crippen LogP contribution in [0, 0.1) is 0 Å². The third kappa shape index (κ3) is 4.25. The Balaban J connectivity index is 1.44. The van der Waals surface area contributed by atoms with Crippen LogP contribution in [0.5, 0.6) is 11.5 Å². The van der Waals surface area contributed by atoms with Crippen molar-refractivity contribution in [3.05, 3.63) is 23.8 Å². The maximum atomic E-state index is 5.42. The summed E-state index contributed by atoms with van der Waals surface area (Å²) in [5.41, 5.74) is 1.24. The molecule has 2 atom stereocenters. The van der Waals surface area contributed by atoms with Crippen LogP contribution in [-0.4, -0.2) is 43.9 Å². The van der Waals surface area contributed by atoms with Gasteiger partial charge in [0.2, 0.25) is 6.79 Å². The van der Waals surface area contributed by atoms with Crippen LogP contribution in [0.3, 0.4) is 0 Å². The molecule has 5 nitrogen and oxygen atoms in total. The Bertz CT molecular complexity index is 565. The number of ether oxygens (including phenoxy) is 2. The van der Waals surface area contributed by atoms with Crippen LogP contribution >= 0.6 is 11.8 Å². The number of fused-ring (bicyclic) bond motifs is 1. The quantitative estimate of drug-likeness (QED) is 0.639. The van der Waals surface area contributed by atoms with Crippen molar-refractivity contribution in [2.24, 2.45) is 4.99 Å². The van der Waals surface area contributed by atoms with E-state index in [2.05, 4.69) is 34.0 Å². The van der Waals surface area contributed by atoms with E-state index < -0.39 is 0 Å². The van der Waals surface area contributed by atoms with Crippen LogP contribution in [0.1, 0.15) is 24.8 Å². The van der Waals surface area contributed by atoms with E-state index in [1.54, 1.807) is 0 Å². The molecule has 1 aliphatic carbocycles. The van der Waals surface area contributed by atoms with E-state index in [0.29, 0.717) is 12.8 Å². The van der Waals surface area contributed by atoms with Gasteiger partial charge in [-0.25, -0.2) is 0 Å². The molecule has 0 radical (unpaired) electrons. The highest BCUT2D eigenvalue weighted by atomic mass is 32.2. The summed E-state index contributed by atoms with van der Waals surface area (Å²) in [6.07, 6.45) is 6.88. The molecule has 126 valence electrons. The van der Waals surface area contributed by atoms with Gasteiger partial charge in [-0.05, 0) is 49.6 Å². The highest BCUT2D eigenvalue weighted by Crippen LogP contribution is 2.32. The maximum Gasteiger partial charge on any atom is 0.231 e. The van der Waals surface area contributed by atoms with Crippen molar-refractivity contribution in [3.8, 4) is 11.5 Å². The van der Waals surface area contributed by atoms with Crippen molar-refractivity contribution in [2.45, 2.75) is 37.0 Å². The second-order valence-corrected chi connectivity index (χ2v) is 7.09. The molecule has 1 aromatic carbocycles. The lowest BCUT2D eigenvalue weighted by Crippen LogP contribution is -2.43. The fraction of sp³-hybridized carbons (Fsp3) is 0.588. The molecule has 23 heavy (non-hydrogen) atoms. The van der Waals surface area contributed by atoms with Gasteiger partial charge in [0, 0.05) is 24.9 Å². The molecule has 0 amide bonds. The fourth-order valence-corrected chi connectivity index (χ4v) is 3.89. The van der Waals surface area contributed by atoms with Crippen molar-refractivity contribution < 1.29 is 9.47 Å². The molecular formula is C17H25N3O2S. The second-order valence-electron chi connectivity index (χ2n) is 5.95. The molecule has 1 heterocycles. The highest BCUT2D eigenvalue weighted by Gasteiger charge is 2.24. The molecular weight excluding hydrogens is 310 g/mol. The zero-order valence-corrected chi connectivity index (χ0v) is 14.6. The number of guanidine groups is 1. The van der Waals surface area contributed by atoms with E-state index >= 15 is 0 Å². The zero-order valence-electron chi connectivity index (χ0n) is 13.8. The first kappa shape index (κ1) is 16.3. The lowest BCUT2D eigenvalue weighted by Gasteiger charge is -2.17. The van der Waals surface area contributed by atoms with Gasteiger partial charge >= 0.3 is 0 Å². The molecule has 2 unspecified atom stereocenters. The summed E-state index contributed by atoms with van der Waals surface area (Å²) in [7, 11) is 1.83. The Morgan fingerprint density at radius 3 is 2.96 bits per heavy atom. The van der Waals surface area contributed by atoms with Crippen molar-refractivity contribution in [1.29, 1.82) is 0 Å². The van der Waals surface area contributed by atoms with Gasteiger partial charge < -0.3 is 20.1 Å². The fourth-order valence-electron chi connectivity index (χ4n) is 3.09. The van der Waals surface area contributed by atoms with E-state index in [4.69, 9.17) is 9.47 Å². The number of thioether (sulfide) groups is 1. The number of rotatable bonds is 5. The lowest BCUT2D eigenvalue weighted by molar-refractivity contribution is 0.174. The van der Waals surface area contributed by atoms with Gasteiger partial charge in [0.05, 0.1) is 0 Å². The van der Waals surface area contributed by atoms with Gasteiger partial charge in [0.15, 0.2) is 17.5 Å². The van der Waals surface area contributed by atoms with Gasteiger partial charge in [0.1, 0.15) is 0 Å². The number of nitrogens with one attached hydrogen (secondary N) is 2. The van der Waals surface area contributed by atoms with E-state index in [9.17, 15) is 0 Å². The van der Waals surface area contributed by atoms with Crippen molar-refractivity contribution in [1.82, 2.24) is 10.6 Å². The topological polar surface area (TPSA) is 54.9 Å². The largest absolute Gasteiger partial charge is 0.454 e. The molecule has 1 aromatic rings. The van der Waals surface area contributed by atoms with Crippen molar-refractivity contribution in [3.63, 3.8) is 0 Å². The first-order valence-electron chi connectivity index (χ1n) is 8.17. The summed E-state index contributed by atoms with van der Waals surface area (Å²) in [4.78, 5) is 4.33. The summed E-state index contributed by atoms with van der Waals surface area (Å²) >= 11 is 1.97. The highest BCUT2D eigenvalue weighted by molar-refractivity contribution is 7.99. The maximum absolute atomic E-state index is 5.42. The Morgan fingerprint density at radius 2 is 2.17 bits per heavy atom. The Labute approximate surface area is 142 Å². The second kappa shape index (κ2) is 7.81. The summed E-state index contributed by atoms with van der Waals surface area (Å²) < 4.78 is 10.8. The van der Waals surface area contributed by atoms with Crippen LogP contribution in [-0.2, 0) is 6.42 Å². The smallest absolute Gasteiger partial charge is 0.231 e. The molecule has 0 spiro atoms. The summed E-state index contributed by atoms with van der Waals surface area (Å²) in [6, 6.07) is 6.67. The van der Waals surface area contributed by atoms with Crippen LogP contribution in [0.25, 0.3) is 0 Å². The van der Waals surface area contributed by atoms with Crippen LogP contribution in [0.4, 0.5) is 0 Å². The zero-order chi connectivity index (χ0) is 16.1. The molecule has 3 rings (SSSR count). The number of benzene rings is 1. The van der Waals surface area contributed by atoms with Crippen molar-refractivity contribution in [2.75, 3.05) is 26.6 Å². The SMILES string of the molecule is CN=C(NCCc1ccc2c(c1)OCO2)NC1CCC(SC)C1. The Morgan fingerprint density at radius 1 is 1.30 bits per heavy atom. The van der Waals surface area contributed by atoms with E-state index in [0.717, 1.165) is 35.7 Å². The third-order valence-electron chi connectivity index (χ3n) is 4.43. The summed E-state index contributed by atoms with van der Waals surface area (Å²) in [5, 5.41) is 7.74. The predicted molar refractivity (Wildman–Crippen MR) is 95.7 cm³/mol. The molecule has 1 saturated carbocycles. The first-order chi connectivity index (χ1) is 11.3. The van der Waals surface area contributed by atoms with Gasteiger partial charge in [-0.2, -0.15) is 11.8 Å². The van der Waals surface area contributed by atoms with Crippen LogP contribution in [0.2, 0.25) is 0 Å². The first-order valence-corrected chi connectivity index (χ1v) is 9.46. The standard InChI is InChI=1S/C17H25N3O2S/c1-18-17(20-13-4-5-14(10-13)23-2)19-8-7-12-3-6-15-16(9-12)22-11-21-15/h3,6,9,13-14H,4-5,7-8,10-11H2,1-2H3,(H2,18,19,20). The van der Waals surface area contributed by atoms with E-state index in [1.165, 1.54) is 24.8 Å². The summed E-state index contributed by atoms with van der Waals surface area (Å²) in [6.45, 7) is 1.17. The molecule has 0 bridgehead atoms. The molecule has 1 aliphatic heterocycles. The van der Waals surface area contributed by atoms with E-state index in [-0.39, 0.29) is 0 Å². The van der Waals surface area contributed by atoms with Gasteiger partial charge in [0.25, 0.3) is 0 Å². The average molecular weight is 335 g/mol. The number of nitrogens with zero attached hydrogens (tertiary/aromatic N) is 1. The molecule has 0 aromatic heterocycles. The van der Waals surface area contributed by atoms with Gasteiger partial charge in [-0.15, -0.1) is 0 Å². The van der Waals surface area contributed by atoms with Gasteiger partial charge in [-0.3, -0.25) is 4.99 Å². The van der Waals surface area contributed by atoms with E-state index in [1.807, 2.05) is 24.9 Å². The number of hydrogen-bond acceptors (Lipinski definition) is 4. The molecule has 0 saturated heterocycles. The summed E-state index contributed by atoms with van der Waals surface area (Å²) in [5.74, 6) is 2.58. The van der Waals surface area contributed by atoms with Gasteiger partial charge in [-0.1, -0.05) is 6.07 Å². The monoisotopic (exact) mass is 335 g/mol. The predicted octanol–water partition coefficient (Wildman–Crippen LogP) is 2.41. The molecule has 1 fully saturated rings. The lowest BCUT2D eigenvalue weighted by atomic mass is 10.1. The minimum atomic E-state index is 0.325. The Hall–Kier alpha value is -1.56. The number of hydrogen-bond donors (Lipinski definition) is 2. The Kier molecular flexibility index (Phi) is 5.54. The average Bonchev–Trinajstić information content (AvgIpc) is 3.22. The molecule has 2 aliphatic rings. The third-order valence-corrected chi connectivity index (χ3v) is 5.52. The van der Waals surface area contributed by atoms with Crippen molar-refractivity contribution >= 4 is 17.7 Å². The molecule has 2 N–H and O–H groups in total. The van der Waals surface area contributed by atoms with Crippen LogP contribution in [0.15, 0.2) is 23.2 Å². The minimum Gasteiger partial charge on any atom is -0.454 e. The minimum absolute atomic E-state index is 0.325. The molecule has 6 heteroatoms. The number of aliphatic imine (C=N–C) groups is 1. The van der Waals surface area contributed by atoms with Crippen LogP contribution < -0.4 is 20.1 Å².